The lowest BCUT2D eigenvalue weighted by Gasteiger charge is -2.06. The van der Waals surface area contributed by atoms with Gasteiger partial charge in [-0.05, 0) is 41.9 Å². The van der Waals surface area contributed by atoms with Crippen molar-refractivity contribution in [1.82, 2.24) is 9.78 Å². The van der Waals surface area contributed by atoms with Crippen molar-refractivity contribution in [2.24, 2.45) is 0 Å². The van der Waals surface area contributed by atoms with Gasteiger partial charge in [0.1, 0.15) is 10.4 Å². The van der Waals surface area contributed by atoms with Crippen LogP contribution in [0.4, 0.5) is 4.39 Å². The molecule has 0 aliphatic rings. The van der Waals surface area contributed by atoms with Gasteiger partial charge < -0.3 is 0 Å². The molecule has 0 saturated carbocycles. The molecular formula is C10H10BrFN2. The largest absolute Gasteiger partial charge is 0.261 e. The molecule has 0 aliphatic heterocycles. The van der Waals surface area contributed by atoms with Crippen molar-refractivity contribution in [1.29, 1.82) is 0 Å². The first-order valence-electron chi connectivity index (χ1n) is 4.43. The van der Waals surface area contributed by atoms with Crippen molar-refractivity contribution in [3.63, 3.8) is 0 Å². The molecule has 0 amide bonds. The quantitative estimate of drug-likeness (QED) is 0.764. The van der Waals surface area contributed by atoms with Gasteiger partial charge in [-0.15, -0.1) is 0 Å². The molecule has 0 radical (unpaired) electrons. The maximum Gasteiger partial charge on any atom is 0.138 e. The molecule has 14 heavy (non-hydrogen) atoms. The number of rotatable bonds is 1. The lowest BCUT2D eigenvalue weighted by molar-refractivity contribution is 0.548. The number of aromatic nitrogens is 2. The van der Waals surface area contributed by atoms with Crippen molar-refractivity contribution in [2.45, 2.75) is 19.9 Å². The average Bonchev–Trinajstić information content (AvgIpc) is 2.45. The fraction of sp³-hybridized carbons (Fsp3) is 0.300. The highest BCUT2D eigenvalue weighted by Crippen LogP contribution is 2.27. The predicted molar refractivity (Wildman–Crippen MR) is 57.8 cm³/mol. The highest BCUT2D eigenvalue weighted by atomic mass is 79.9. The third-order valence-corrected chi connectivity index (χ3v) is 2.68. The summed E-state index contributed by atoms with van der Waals surface area (Å²) in [6, 6.07) is 5.24. The van der Waals surface area contributed by atoms with Crippen LogP contribution in [0.2, 0.25) is 0 Å². The van der Waals surface area contributed by atoms with E-state index < -0.39 is 0 Å². The van der Waals surface area contributed by atoms with Crippen LogP contribution in [-0.2, 0) is 0 Å². The van der Waals surface area contributed by atoms with E-state index in [2.05, 4.69) is 21.0 Å². The van der Waals surface area contributed by atoms with E-state index in [1.807, 2.05) is 24.6 Å². The van der Waals surface area contributed by atoms with E-state index in [-0.39, 0.29) is 11.9 Å². The first kappa shape index (κ1) is 9.65. The van der Waals surface area contributed by atoms with Crippen LogP contribution in [-0.4, -0.2) is 9.78 Å². The minimum absolute atomic E-state index is 0.227. The molecule has 1 aromatic carbocycles. The number of nitrogens with zero attached hydrogens (tertiary/aromatic N) is 2. The summed E-state index contributed by atoms with van der Waals surface area (Å²) in [5, 5.41) is 4.80. The highest BCUT2D eigenvalue weighted by molar-refractivity contribution is 9.10. The number of fused-ring (bicyclic) bond motifs is 1. The molecular weight excluding hydrogens is 247 g/mol. The number of hydrogen-bond acceptors (Lipinski definition) is 1. The van der Waals surface area contributed by atoms with Crippen LogP contribution in [0, 0.1) is 5.82 Å². The van der Waals surface area contributed by atoms with Gasteiger partial charge in [0, 0.05) is 6.04 Å². The first-order chi connectivity index (χ1) is 6.61. The summed E-state index contributed by atoms with van der Waals surface area (Å²) >= 11 is 3.26. The van der Waals surface area contributed by atoms with Crippen LogP contribution in [0.25, 0.3) is 10.9 Å². The minimum atomic E-state index is -0.235. The molecule has 0 saturated heterocycles. The van der Waals surface area contributed by atoms with E-state index in [0.717, 1.165) is 5.52 Å². The second-order valence-electron chi connectivity index (χ2n) is 3.46. The molecule has 2 rings (SSSR count). The fourth-order valence-corrected chi connectivity index (χ4v) is 2.06. The summed E-state index contributed by atoms with van der Waals surface area (Å²) in [6.07, 6.45) is 0. The molecule has 1 aromatic heterocycles. The molecule has 0 atom stereocenters. The molecule has 0 spiro atoms. The smallest absolute Gasteiger partial charge is 0.138 e. The molecule has 1 heterocycles. The maximum atomic E-state index is 13.4. The zero-order valence-corrected chi connectivity index (χ0v) is 9.55. The Morgan fingerprint density at radius 1 is 1.43 bits per heavy atom. The van der Waals surface area contributed by atoms with E-state index in [4.69, 9.17) is 0 Å². The van der Waals surface area contributed by atoms with Gasteiger partial charge in [-0.2, -0.15) is 5.10 Å². The van der Waals surface area contributed by atoms with Gasteiger partial charge in [-0.3, -0.25) is 4.68 Å². The third-order valence-electron chi connectivity index (χ3n) is 2.13. The van der Waals surface area contributed by atoms with Gasteiger partial charge in [0.2, 0.25) is 0 Å². The van der Waals surface area contributed by atoms with Crippen LogP contribution in [0.15, 0.2) is 22.8 Å². The minimum Gasteiger partial charge on any atom is -0.261 e. The monoisotopic (exact) mass is 256 g/mol. The summed E-state index contributed by atoms with van der Waals surface area (Å²) in [5.41, 5.74) is 0.826. The second-order valence-corrected chi connectivity index (χ2v) is 4.21. The third kappa shape index (κ3) is 1.34. The van der Waals surface area contributed by atoms with Crippen LogP contribution in [0.3, 0.4) is 0 Å². The van der Waals surface area contributed by atoms with E-state index in [1.165, 1.54) is 6.07 Å². The molecule has 0 bridgehead atoms. The van der Waals surface area contributed by atoms with Gasteiger partial charge in [0.15, 0.2) is 0 Å². The van der Waals surface area contributed by atoms with E-state index >= 15 is 0 Å². The Kier molecular flexibility index (Phi) is 2.31. The first-order valence-corrected chi connectivity index (χ1v) is 5.23. The molecule has 4 heteroatoms. The standard InChI is InChI=1S/C10H10BrFN2/c1-6(2)14-8-5-3-4-7(12)9(8)10(11)13-14/h3-6H,1-2H3. The Morgan fingerprint density at radius 2 is 2.14 bits per heavy atom. The summed E-state index contributed by atoms with van der Waals surface area (Å²) in [5.74, 6) is -0.235. The zero-order chi connectivity index (χ0) is 10.3. The van der Waals surface area contributed by atoms with Crippen LogP contribution >= 0.6 is 15.9 Å². The van der Waals surface area contributed by atoms with E-state index in [0.29, 0.717) is 9.99 Å². The second kappa shape index (κ2) is 3.35. The van der Waals surface area contributed by atoms with Crippen molar-refractivity contribution in [3.05, 3.63) is 28.6 Å². The topological polar surface area (TPSA) is 17.8 Å². The Labute approximate surface area is 89.8 Å². The van der Waals surface area contributed by atoms with Gasteiger partial charge >= 0.3 is 0 Å². The molecule has 2 nitrogen and oxygen atoms in total. The molecule has 74 valence electrons. The average molecular weight is 257 g/mol. The summed E-state index contributed by atoms with van der Waals surface area (Å²) in [7, 11) is 0. The molecule has 0 aliphatic carbocycles. The lowest BCUT2D eigenvalue weighted by atomic mass is 10.2. The van der Waals surface area contributed by atoms with Crippen molar-refractivity contribution < 1.29 is 4.39 Å². The number of hydrogen-bond donors (Lipinski definition) is 0. The fourth-order valence-electron chi connectivity index (χ4n) is 1.50. The number of benzene rings is 1. The zero-order valence-electron chi connectivity index (χ0n) is 7.96. The van der Waals surface area contributed by atoms with Crippen molar-refractivity contribution in [3.8, 4) is 0 Å². The van der Waals surface area contributed by atoms with Gasteiger partial charge in [0.05, 0.1) is 10.9 Å². The molecule has 0 unspecified atom stereocenters. The Balaban J connectivity index is 2.84. The predicted octanol–water partition coefficient (Wildman–Crippen LogP) is 3.52. The normalized spacial score (nSPS) is 11.5. The maximum absolute atomic E-state index is 13.4. The number of halogens is 2. The Bertz CT molecular complexity index is 476. The van der Waals surface area contributed by atoms with E-state index in [9.17, 15) is 4.39 Å². The molecule has 0 N–H and O–H groups in total. The highest BCUT2D eigenvalue weighted by Gasteiger charge is 2.13. The van der Waals surface area contributed by atoms with Crippen molar-refractivity contribution in [2.75, 3.05) is 0 Å². The molecule has 2 aromatic rings. The SMILES string of the molecule is CC(C)n1nc(Br)c2c(F)cccc21. The van der Waals surface area contributed by atoms with Crippen molar-refractivity contribution >= 4 is 26.8 Å². The van der Waals surface area contributed by atoms with Crippen LogP contribution in [0.5, 0.6) is 0 Å². The summed E-state index contributed by atoms with van der Waals surface area (Å²) in [4.78, 5) is 0. The Hall–Kier alpha value is -0.900. The molecule has 0 fully saturated rings. The summed E-state index contributed by atoms with van der Waals surface area (Å²) < 4.78 is 15.8. The van der Waals surface area contributed by atoms with Crippen LogP contribution in [0.1, 0.15) is 19.9 Å². The Morgan fingerprint density at radius 3 is 2.79 bits per heavy atom. The van der Waals surface area contributed by atoms with E-state index in [1.54, 1.807) is 6.07 Å². The summed E-state index contributed by atoms with van der Waals surface area (Å²) in [6.45, 7) is 4.04. The van der Waals surface area contributed by atoms with Gasteiger partial charge in [0.25, 0.3) is 0 Å². The van der Waals surface area contributed by atoms with Gasteiger partial charge in [-0.1, -0.05) is 6.07 Å². The lowest BCUT2D eigenvalue weighted by Crippen LogP contribution is -2.01. The van der Waals surface area contributed by atoms with Gasteiger partial charge in [-0.25, -0.2) is 4.39 Å². The van der Waals surface area contributed by atoms with Crippen LogP contribution < -0.4 is 0 Å².